The van der Waals surface area contributed by atoms with Crippen molar-refractivity contribution >= 4 is 45.2 Å². The van der Waals surface area contributed by atoms with Crippen LogP contribution in [0, 0.1) is 22.7 Å². The molecule has 0 saturated carbocycles. The molecule has 2 heterocycles. The first-order chi connectivity index (χ1) is 25.2. The van der Waals surface area contributed by atoms with Crippen molar-refractivity contribution in [2.24, 2.45) is 22.7 Å². The number of fused-ring (bicyclic) bond motifs is 2. The molecule has 12 nitrogen and oxygen atoms in total. The molecule has 0 bridgehead atoms. The quantitative estimate of drug-likeness (QED) is 0.103. The van der Waals surface area contributed by atoms with Crippen molar-refractivity contribution in [3.8, 4) is 11.5 Å². The van der Waals surface area contributed by atoms with Crippen LogP contribution >= 0.6 is 0 Å². The average Bonchev–Trinajstić information content (AvgIpc) is 3.64. The van der Waals surface area contributed by atoms with Gasteiger partial charge in [0.25, 0.3) is 0 Å². The molecule has 294 valence electrons. The van der Waals surface area contributed by atoms with Gasteiger partial charge in [-0.1, -0.05) is 69.2 Å². The van der Waals surface area contributed by atoms with E-state index >= 15 is 0 Å². The summed E-state index contributed by atoms with van der Waals surface area (Å²) in [5.74, 6) is 0.135. The Hall–Kier alpha value is -4.74. The Morgan fingerprint density at radius 3 is 1.26 bits per heavy atom. The number of rotatable bonds is 17. The number of benzene rings is 2. The van der Waals surface area contributed by atoms with Gasteiger partial charge in [0.2, 0.25) is 11.8 Å². The lowest BCUT2D eigenvalue weighted by Crippen LogP contribution is -2.45. The number of carbonyl (C=O) groups is 4. The highest BCUT2D eigenvalue weighted by atomic mass is 16.5. The lowest BCUT2D eigenvalue weighted by Gasteiger charge is -2.31. The van der Waals surface area contributed by atoms with E-state index in [0.717, 1.165) is 12.8 Å². The van der Waals surface area contributed by atoms with Crippen LogP contribution in [0.1, 0.15) is 103 Å². The number of hydrogen-bond donors (Lipinski definition) is 0. The number of nitrogens with zero attached hydrogens (tertiary/aromatic N) is 6. The van der Waals surface area contributed by atoms with Gasteiger partial charge in [-0.25, -0.2) is 0 Å². The minimum absolute atomic E-state index is 0.0454. The molecule has 0 fully saturated rings. The number of methoxy groups -OCH3 is 2. The number of carbonyl (C=O) groups excluding carboxylic acids is 4. The van der Waals surface area contributed by atoms with Gasteiger partial charge in [-0.3, -0.25) is 28.5 Å². The molecular weight excluding hydrogens is 684 g/mol. The summed E-state index contributed by atoms with van der Waals surface area (Å²) in [6.07, 6.45) is 1.49. The molecule has 0 spiro atoms. The zero-order valence-corrected chi connectivity index (χ0v) is 34.4. The maximum atomic E-state index is 14.2. The standard InChI is InChI=1S/C42H60N6O6/c1-27(2)39(51)37-31-15-13-29(53-11)23-33(31)47(43-37)25-35(49)45(19-17-41(5,6)7)21-22-46(20-18-42(8,9)10)36(50)26-48-34-24-30(54-12)14-16-32(34)38(44-48)40(52)28(3)4/h13-16,23-24,27-28H,17-22,25-26H2,1-12H3. The van der Waals surface area contributed by atoms with Crippen LogP contribution in [0.25, 0.3) is 21.8 Å². The van der Waals surface area contributed by atoms with E-state index in [9.17, 15) is 19.2 Å². The molecule has 0 aliphatic rings. The largest absolute Gasteiger partial charge is 0.497 e. The minimum atomic E-state index is -0.265. The van der Waals surface area contributed by atoms with Gasteiger partial charge in [0, 0.05) is 60.9 Å². The van der Waals surface area contributed by atoms with Crippen molar-refractivity contribution in [3.63, 3.8) is 0 Å². The average molecular weight is 745 g/mol. The Balaban J connectivity index is 1.65. The summed E-state index contributed by atoms with van der Waals surface area (Å²) in [6, 6.07) is 10.8. The monoisotopic (exact) mass is 744 g/mol. The molecular formula is C42H60N6O6. The number of Topliss-reactive ketones (excluding diaryl/α,β-unsaturated/α-hetero) is 2. The molecule has 54 heavy (non-hydrogen) atoms. The molecule has 0 N–H and O–H groups in total. The molecule has 2 amide bonds. The van der Waals surface area contributed by atoms with Crippen molar-refractivity contribution < 1.29 is 28.7 Å². The summed E-state index contributed by atoms with van der Waals surface area (Å²) in [6.45, 7) is 21.5. The van der Waals surface area contributed by atoms with Crippen LogP contribution in [-0.2, 0) is 22.7 Å². The van der Waals surface area contributed by atoms with Crippen LogP contribution in [0.15, 0.2) is 36.4 Å². The predicted molar refractivity (Wildman–Crippen MR) is 212 cm³/mol. The van der Waals surface area contributed by atoms with Gasteiger partial charge >= 0.3 is 0 Å². The highest BCUT2D eigenvalue weighted by molar-refractivity contribution is 6.08. The summed E-state index contributed by atoms with van der Waals surface area (Å²) >= 11 is 0. The van der Waals surface area contributed by atoms with E-state index < -0.39 is 0 Å². The summed E-state index contributed by atoms with van der Waals surface area (Å²) in [4.78, 5) is 58.4. The number of ether oxygens (including phenoxy) is 2. The second kappa shape index (κ2) is 17.2. The van der Waals surface area contributed by atoms with E-state index in [1.165, 1.54) is 0 Å². The molecule has 2 aromatic heterocycles. The van der Waals surface area contributed by atoms with Crippen LogP contribution in [0.5, 0.6) is 11.5 Å². The summed E-state index contributed by atoms with van der Waals surface area (Å²) < 4.78 is 14.1. The number of ketones is 2. The molecule has 0 saturated heterocycles. The summed E-state index contributed by atoms with van der Waals surface area (Å²) in [7, 11) is 3.15. The fraction of sp³-hybridized carbons (Fsp3) is 0.571. The van der Waals surface area contributed by atoms with Crippen LogP contribution in [0.3, 0.4) is 0 Å². The Kier molecular flexibility index (Phi) is 13.3. The third kappa shape index (κ3) is 10.5. The molecule has 4 rings (SSSR count). The van der Waals surface area contributed by atoms with Crippen LogP contribution in [-0.4, -0.2) is 93.1 Å². The van der Waals surface area contributed by atoms with Crippen molar-refractivity contribution in [2.45, 2.75) is 95.2 Å². The number of aromatic nitrogens is 4. The van der Waals surface area contributed by atoms with Crippen molar-refractivity contribution in [3.05, 3.63) is 47.8 Å². The van der Waals surface area contributed by atoms with E-state index in [4.69, 9.17) is 9.47 Å². The SMILES string of the molecule is COc1ccc2c(C(=O)C(C)C)nn(CC(=O)N(CCN(CCC(C)(C)C)C(=O)Cn3nc(C(=O)C(C)C)c4ccc(OC)cc43)CCC(C)(C)C)c2c1. The summed E-state index contributed by atoms with van der Waals surface area (Å²) in [5, 5.41) is 10.7. The summed E-state index contributed by atoms with van der Waals surface area (Å²) in [5.41, 5.74) is 1.85. The van der Waals surface area contributed by atoms with Gasteiger partial charge in [0.15, 0.2) is 11.6 Å². The molecule has 2 aromatic carbocycles. The number of amides is 2. The highest BCUT2D eigenvalue weighted by Gasteiger charge is 2.27. The Bertz CT molecular complexity index is 1830. The van der Waals surface area contributed by atoms with E-state index in [2.05, 4.69) is 51.7 Å². The van der Waals surface area contributed by atoms with Gasteiger partial charge < -0.3 is 19.3 Å². The van der Waals surface area contributed by atoms with Gasteiger partial charge in [-0.05, 0) is 47.9 Å². The van der Waals surface area contributed by atoms with Crippen molar-refractivity contribution in [1.29, 1.82) is 0 Å². The molecule has 12 heteroatoms. The first-order valence-electron chi connectivity index (χ1n) is 19.0. The molecule has 0 unspecified atom stereocenters. The number of hydrogen-bond acceptors (Lipinski definition) is 8. The normalized spacial score (nSPS) is 12.2. The Labute approximate surface area is 320 Å². The lowest BCUT2D eigenvalue weighted by atomic mass is 9.92. The van der Waals surface area contributed by atoms with Crippen molar-refractivity contribution in [2.75, 3.05) is 40.4 Å². The predicted octanol–water partition coefficient (Wildman–Crippen LogP) is 7.31. The molecule has 0 atom stereocenters. The maximum absolute atomic E-state index is 14.2. The second-order valence-corrected chi connectivity index (χ2v) is 17.2. The van der Waals surface area contributed by atoms with Gasteiger partial charge in [0.1, 0.15) is 36.0 Å². The second-order valence-electron chi connectivity index (χ2n) is 17.2. The highest BCUT2D eigenvalue weighted by Crippen LogP contribution is 2.28. The van der Waals surface area contributed by atoms with E-state index in [0.29, 0.717) is 70.9 Å². The molecule has 0 aliphatic carbocycles. The van der Waals surface area contributed by atoms with E-state index in [-0.39, 0.29) is 59.1 Å². The Morgan fingerprint density at radius 2 is 0.963 bits per heavy atom. The van der Waals surface area contributed by atoms with Crippen LogP contribution < -0.4 is 9.47 Å². The zero-order chi connectivity index (χ0) is 40.1. The van der Waals surface area contributed by atoms with Gasteiger partial charge in [-0.2, -0.15) is 10.2 Å². The van der Waals surface area contributed by atoms with Crippen LogP contribution in [0.4, 0.5) is 0 Å². The molecule has 0 aliphatic heterocycles. The topological polar surface area (TPSA) is 129 Å². The molecule has 4 aromatic rings. The Morgan fingerprint density at radius 1 is 0.611 bits per heavy atom. The van der Waals surface area contributed by atoms with Crippen LogP contribution in [0.2, 0.25) is 0 Å². The third-order valence-electron chi connectivity index (χ3n) is 9.61. The minimum Gasteiger partial charge on any atom is -0.497 e. The van der Waals surface area contributed by atoms with E-state index in [1.807, 2.05) is 39.8 Å². The van der Waals surface area contributed by atoms with Crippen molar-refractivity contribution in [1.82, 2.24) is 29.4 Å². The van der Waals surface area contributed by atoms with Gasteiger partial charge in [-0.15, -0.1) is 0 Å². The van der Waals surface area contributed by atoms with E-state index in [1.54, 1.807) is 57.6 Å². The maximum Gasteiger partial charge on any atom is 0.244 e. The molecule has 0 radical (unpaired) electrons. The van der Waals surface area contributed by atoms with Gasteiger partial charge in [0.05, 0.1) is 25.3 Å². The first-order valence-corrected chi connectivity index (χ1v) is 19.0. The first kappa shape index (κ1) is 42.0. The zero-order valence-electron chi connectivity index (χ0n) is 34.4. The fourth-order valence-electron chi connectivity index (χ4n) is 6.07. The lowest BCUT2D eigenvalue weighted by molar-refractivity contribution is -0.136. The smallest absolute Gasteiger partial charge is 0.244 e. The fourth-order valence-corrected chi connectivity index (χ4v) is 6.07. The third-order valence-corrected chi connectivity index (χ3v) is 9.61.